The first-order chi connectivity index (χ1) is 17.0. The van der Waals surface area contributed by atoms with Crippen LogP contribution in [0.4, 0.5) is 5.69 Å². The van der Waals surface area contributed by atoms with Crippen molar-refractivity contribution in [2.75, 3.05) is 11.4 Å². The van der Waals surface area contributed by atoms with Gasteiger partial charge in [0, 0.05) is 17.3 Å². The molecular formula is C27H23ClN4O2S. The van der Waals surface area contributed by atoms with Gasteiger partial charge in [-0.25, -0.2) is 4.98 Å². The molecule has 0 bridgehead atoms. The molecule has 0 aliphatic heterocycles. The van der Waals surface area contributed by atoms with Gasteiger partial charge in [0.25, 0.3) is 5.56 Å². The summed E-state index contributed by atoms with van der Waals surface area (Å²) in [6.07, 6.45) is 0.216. The summed E-state index contributed by atoms with van der Waals surface area (Å²) in [4.78, 5) is 33.3. The SMILES string of the molecule is C[C@H](Sc1nc2ccccc2c(=O)n1Cc1ccc(Cl)cc1)C(=O)N(CCC#N)c1ccccc1. The van der Waals surface area contributed by atoms with Crippen LogP contribution < -0.4 is 10.5 Å². The zero-order chi connectivity index (χ0) is 24.8. The van der Waals surface area contributed by atoms with Crippen molar-refractivity contribution in [3.05, 3.63) is 99.8 Å². The Balaban J connectivity index is 1.70. The molecule has 1 atom stereocenters. The molecule has 35 heavy (non-hydrogen) atoms. The zero-order valence-electron chi connectivity index (χ0n) is 19.1. The summed E-state index contributed by atoms with van der Waals surface area (Å²) in [6, 6.07) is 25.9. The average molecular weight is 503 g/mol. The van der Waals surface area contributed by atoms with Gasteiger partial charge in [-0.3, -0.25) is 14.2 Å². The number of carbonyl (C=O) groups excluding carboxylic acids is 1. The summed E-state index contributed by atoms with van der Waals surface area (Å²) in [6.45, 7) is 2.38. The van der Waals surface area contributed by atoms with Crippen LogP contribution in [0.5, 0.6) is 0 Å². The lowest BCUT2D eigenvalue weighted by molar-refractivity contribution is -0.117. The van der Waals surface area contributed by atoms with E-state index in [-0.39, 0.29) is 24.4 Å². The summed E-state index contributed by atoms with van der Waals surface area (Å²) in [5.41, 5.74) is 2.04. The molecule has 0 saturated heterocycles. The molecule has 1 heterocycles. The Labute approximate surface area is 212 Å². The molecule has 0 unspecified atom stereocenters. The van der Waals surface area contributed by atoms with Crippen LogP contribution in [0.3, 0.4) is 0 Å². The maximum Gasteiger partial charge on any atom is 0.262 e. The van der Waals surface area contributed by atoms with Crippen molar-refractivity contribution in [1.82, 2.24) is 9.55 Å². The number of aromatic nitrogens is 2. The Hall–Kier alpha value is -3.60. The van der Waals surface area contributed by atoms with Crippen LogP contribution in [-0.2, 0) is 11.3 Å². The van der Waals surface area contributed by atoms with Crippen molar-refractivity contribution in [3.8, 4) is 6.07 Å². The fourth-order valence-corrected chi connectivity index (χ4v) is 4.81. The summed E-state index contributed by atoms with van der Waals surface area (Å²) in [7, 11) is 0. The molecule has 1 aromatic heterocycles. The molecule has 0 saturated carbocycles. The van der Waals surface area contributed by atoms with E-state index in [1.54, 1.807) is 40.7 Å². The van der Waals surface area contributed by atoms with Crippen LogP contribution in [0.1, 0.15) is 18.9 Å². The lowest BCUT2D eigenvalue weighted by Gasteiger charge is -2.25. The third-order valence-electron chi connectivity index (χ3n) is 5.49. The lowest BCUT2D eigenvalue weighted by atomic mass is 10.2. The summed E-state index contributed by atoms with van der Waals surface area (Å²) >= 11 is 7.27. The maximum absolute atomic E-state index is 13.5. The van der Waals surface area contributed by atoms with Gasteiger partial charge < -0.3 is 4.90 Å². The van der Waals surface area contributed by atoms with E-state index in [1.807, 2.05) is 54.6 Å². The molecule has 3 aromatic carbocycles. The second kappa shape index (κ2) is 11.2. The van der Waals surface area contributed by atoms with Gasteiger partial charge in [0.2, 0.25) is 5.91 Å². The fourth-order valence-electron chi connectivity index (χ4n) is 3.71. The van der Waals surface area contributed by atoms with E-state index >= 15 is 0 Å². The number of hydrogen-bond donors (Lipinski definition) is 0. The standard InChI is InChI=1S/C27H23ClN4O2S/c1-19(25(33)31(17-7-16-29)22-8-3-2-4-9-22)35-27-30-24-11-6-5-10-23(24)26(34)32(27)18-20-12-14-21(28)15-13-20/h2-6,8-15,19H,7,17-18H2,1H3/t19-/m0/s1. The van der Waals surface area contributed by atoms with Crippen molar-refractivity contribution in [2.24, 2.45) is 0 Å². The fraction of sp³-hybridized carbons (Fsp3) is 0.185. The van der Waals surface area contributed by atoms with Gasteiger partial charge in [0.15, 0.2) is 5.16 Å². The Kier molecular flexibility index (Phi) is 7.86. The van der Waals surface area contributed by atoms with E-state index in [4.69, 9.17) is 21.8 Å². The van der Waals surface area contributed by atoms with E-state index in [1.165, 1.54) is 11.8 Å². The van der Waals surface area contributed by atoms with Gasteiger partial charge in [-0.1, -0.05) is 65.8 Å². The second-order valence-corrected chi connectivity index (χ2v) is 9.67. The van der Waals surface area contributed by atoms with E-state index in [0.717, 1.165) is 11.3 Å². The molecule has 0 spiro atoms. The van der Waals surface area contributed by atoms with E-state index in [9.17, 15) is 9.59 Å². The number of amides is 1. The number of anilines is 1. The van der Waals surface area contributed by atoms with Gasteiger partial charge in [0.05, 0.1) is 35.2 Å². The van der Waals surface area contributed by atoms with Crippen LogP contribution in [0, 0.1) is 11.3 Å². The molecule has 4 rings (SSSR count). The quantitative estimate of drug-likeness (QED) is 0.234. The number of para-hydroxylation sites is 2. The molecule has 0 radical (unpaired) electrons. The highest BCUT2D eigenvalue weighted by molar-refractivity contribution is 8.00. The first-order valence-electron chi connectivity index (χ1n) is 11.1. The predicted octanol–water partition coefficient (Wildman–Crippen LogP) is 5.53. The average Bonchev–Trinajstić information content (AvgIpc) is 2.88. The third kappa shape index (κ3) is 5.73. The summed E-state index contributed by atoms with van der Waals surface area (Å²) in [5, 5.41) is 10.1. The third-order valence-corrected chi connectivity index (χ3v) is 6.82. The van der Waals surface area contributed by atoms with Crippen LogP contribution in [-0.4, -0.2) is 27.3 Å². The van der Waals surface area contributed by atoms with Gasteiger partial charge in [-0.15, -0.1) is 0 Å². The number of rotatable bonds is 8. The van der Waals surface area contributed by atoms with Gasteiger partial charge >= 0.3 is 0 Å². The molecule has 6 nitrogen and oxygen atoms in total. The Morgan fingerprint density at radius 3 is 2.49 bits per heavy atom. The summed E-state index contributed by atoms with van der Waals surface area (Å²) in [5.74, 6) is -0.156. The normalized spacial score (nSPS) is 11.7. The Morgan fingerprint density at radius 1 is 1.09 bits per heavy atom. The molecule has 8 heteroatoms. The number of carbonyl (C=O) groups is 1. The lowest BCUT2D eigenvalue weighted by Crippen LogP contribution is -2.37. The van der Waals surface area contributed by atoms with Gasteiger partial charge in [0.1, 0.15) is 0 Å². The predicted molar refractivity (Wildman–Crippen MR) is 141 cm³/mol. The topological polar surface area (TPSA) is 79.0 Å². The minimum atomic E-state index is -0.543. The van der Waals surface area contributed by atoms with E-state index in [2.05, 4.69) is 6.07 Å². The molecule has 0 N–H and O–H groups in total. The maximum atomic E-state index is 13.5. The Bertz CT molecular complexity index is 1430. The zero-order valence-corrected chi connectivity index (χ0v) is 20.7. The van der Waals surface area contributed by atoms with Crippen LogP contribution in [0.2, 0.25) is 5.02 Å². The van der Waals surface area contributed by atoms with E-state index in [0.29, 0.717) is 27.6 Å². The number of fused-ring (bicyclic) bond motifs is 1. The number of benzene rings is 3. The molecule has 0 fully saturated rings. The van der Waals surface area contributed by atoms with Gasteiger partial charge in [-0.2, -0.15) is 5.26 Å². The van der Waals surface area contributed by atoms with Crippen LogP contribution >= 0.6 is 23.4 Å². The van der Waals surface area contributed by atoms with Crippen molar-refractivity contribution in [2.45, 2.75) is 30.3 Å². The number of nitrogens with zero attached hydrogens (tertiary/aromatic N) is 4. The van der Waals surface area contributed by atoms with Crippen molar-refractivity contribution < 1.29 is 4.79 Å². The minimum absolute atomic E-state index is 0.156. The number of thioether (sulfide) groups is 1. The summed E-state index contributed by atoms with van der Waals surface area (Å²) < 4.78 is 1.60. The van der Waals surface area contributed by atoms with Crippen molar-refractivity contribution in [3.63, 3.8) is 0 Å². The Morgan fingerprint density at radius 2 is 1.77 bits per heavy atom. The number of halogens is 1. The first kappa shape index (κ1) is 24.5. The highest BCUT2D eigenvalue weighted by atomic mass is 35.5. The first-order valence-corrected chi connectivity index (χ1v) is 12.4. The number of nitriles is 1. The van der Waals surface area contributed by atoms with Gasteiger partial charge in [-0.05, 0) is 48.9 Å². The molecule has 4 aromatic rings. The molecule has 176 valence electrons. The monoisotopic (exact) mass is 502 g/mol. The minimum Gasteiger partial charge on any atom is -0.310 e. The molecule has 1 amide bonds. The molecule has 0 aliphatic carbocycles. The van der Waals surface area contributed by atoms with Crippen molar-refractivity contribution in [1.29, 1.82) is 5.26 Å². The highest BCUT2D eigenvalue weighted by Crippen LogP contribution is 2.27. The molecule has 0 aliphatic rings. The van der Waals surface area contributed by atoms with Crippen LogP contribution in [0.15, 0.2) is 88.8 Å². The largest absolute Gasteiger partial charge is 0.310 e. The van der Waals surface area contributed by atoms with Crippen LogP contribution in [0.25, 0.3) is 10.9 Å². The van der Waals surface area contributed by atoms with E-state index < -0.39 is 5.25 Å². The highest BCUT2D eigenvalue weighted by Gasteiger charge is 2.25. The molecular weight excluding hydrogens is 480 g/mol. The number of hydrogen-bond acceptors (Lipinski definition) is 5. The smallest absolute Gasteiger partial charge is 0.262 e. The van der Waals surface area contributed by atoms with Crippen molar-refractivity contribution >= 4 is 45.9 Å². The second-order valence-electron chi connectivity index (χ2n) is 7.92.